The first-order valence-electron chi connectivity index (χ1n) is 8.02. The van der Waals surface area contributed by atoms with E-state index >= 15 is 0 Å². The van der Waals surface area contributed by atoms with Crippen molar-refractivity contribution in [3.8, 4) is 11.5 Å². The third-order valence-electron chi connectivity index (χ3n) is 3.29. The molecule has 0 amide bonds. The van der Waals surface area contributed by atoms with Gasteiger partial charge in [-0.1, -0.05) is 12.1 Å². The van der Waals surface area contributed by atoms with E-state index < -0.39 is 16.9 Å². The first-order chi connectivity index (χ1) is 13.3. The monoisotopic (exact) mass is 392 g/mol. The van der Waals surface area contributed by atoms with Crippen LogP contribution in [0.1, 0.15) is 12.5 Å². The number of hydrogen-bond acceptors (Lipinski definition) is 7. The number of nitrogens with one attached hydrogen (secondary N) is 1. The van der Waals surface area contributed by atoms with E-state index in [2.05, 4.69) is 5.32 Å². The Morgan fingerprint density at radius 2 is 1.71 bits per heavy atom. The minimum absolute atomic E-state index is 0.0231. The number of anilines is 1. The highest BCUT2D eigenvalue weighted by molar-refractivity contribution is 6.27. The lowest BCUT2D eigenvalue weighted by Gasteiger charge is -2.11. The molecule has 2 aromatic carbocycles. The molecule has 0 aromatic heterocycles. The number of carboxylic acid groups (broad SMARTS) is 2. The topological polar surface area (TPSA) is 148 Å². The van der Waals surface area contributed by atoms with Crippen molar-refractivity contribution in [3.05, 3.63) is 58.1 Å². The van der Waals surface area contributed by atoms with Crippen LogP contribution in [0.4, 0.5) is 11.4 Å². The van der Waals surface area contributed by atoms with Crippen LogP contribution in [0.15, 0.2) is 42.5 Å². The summed E-state index contributed by atoms with van der Waals surface area (Å²) in [4.78, 5) is 28.6. The van der Waals surface area contributed by atoms with Gasteiger partial charge in [0.25, 0.3) is 5.69 Å². The summed E-state index contributed by atoms with van der Waals surface area (Å²) in [5, 5.41) is 28.8. The van der Waals surface area contributed by atoms with E-state index in [1.165, 1.54) is 19.2 Å². The van der Waals surface area contributed by atoms with E-state index in [9.17, 15) is 10.1 Å². The van der Waals surface area contributed by atoms with Crippen LogP contribution in [-0.4, -0.2) is 40.8 Å². The second-order valence-electron chi connectivity index (χ2n) is 5.18. The average Bonchev–Trinajstić information content (AvgIpc) is 2.67. The third kappa shape index (κ3) is 7.20. The standard InChI is InChI=1S/C16H18N2O4.C2H2O4/c1-3-22-14-7-4-12(5-8-14)11-17-15-10-13(18(19)20)6-9-16(15)21-2;3-1(4)2(5)6/h4-10,17H,3,11H2,1-2H3;(H,3,4)(H,5,6). The summed E-state index contributed by atoms with van der Waals surface area (Å²) in [5.74, 6) is -2.26. The van der Waals surface area contributed by atoms with Gasteiger partial charge >= 0.3 is 11.9 Å². The molecule has 0 fully saturated rings. The van der Waals surface area contributed by atoms with Crippen LogP contribution >= 0.6 is 0 Å². The number of non-ortho nitro benzene ring substituents is 1. The first-order valence-corrected chi connectivity index (χ1v) is 8.02. The second-order valence-corrected chi connectivity index (χ2v) is 5.18. The summed E-state index contributed by atoms with van der Waals surface area (Å²) in [5.41, 5.74) is 1.65. The Morgan fingerprint density at radius 3 is 2.18 bits per heavy atom. The number of hydrogen-bond donors (Lipinski definition) is 3. The van der Waals surface area contributed by atoms with Crippen molar-refractivity contribution in [1.29, 1.82) is 0 Å². The van der Waals surface area contributed by atoms with Crippen LogP contribution in [0.3, 0.4) is 0 Å². The van der Waals surface area contributed by atoms with Crippen molar-refractivity contribution < 1.29 is 34.2 Å². The molecule has 0 saturated heterocycles. The van der Waals surface area contributed by atoms with Gasteiger partial charge in [0.05, 0.1) is 24.3 Å². The van der Waals surface area contributed by atoms with Crippen molar-refractivity contribution in [1.82, 2.24) is 0 Å². The maximum Gasteiger partial charge on any atom is 0.414 e. The van der Waals surface area contributed by atoms with Crippen LogP contribution in [0.25, 0.3) is 0 Å². The van der Waals surface area contributed by atoms with Gasteiger partial charge in [-0.25, -0.2) is 9.59 Å². The highest BCUT2D eigenvalue weighted by atomic mass is 16.6. The summed E-state index contributed by atoms with van der Waals surface area (Å²) in [7, 11) is 1.53. The molecular weight excluding hydrogens is 372 g/mol. The molecule has 0 atom stereocenters. The number of nitro benzene ring substituents is 1. The summed E-state index contributed by atoms with van der Waals surface area (Å²) in [6.07, 6.45) is 0. The molecule has 0 aliphatic carbocycles. The van der Waals surface area contributed by atoms with Crippen molar-refractivity contribution >= 4 is 23.3 Å². The molecule has 0 heterocycles. The molecule has 3 N–H and O–H groups in total. The fourth-order valence-electron chi connectivity index (χ4n) is 2.02. The van der Waals surface area contributed by atoms with E-state index in [0.29, 0.717) is 24.6 Å². The molecule has 0 saturated carbocycles. The zero-order valence-corrected chi connectivity index (χ0v) is 15.2. The zero-order chi connectivity index (χ0) is 21.1. The Morgan fingerprint density at radius 1 is 1.11 bits per heavy atom. The number of nitrogens with zero attached hydrogens (tertiary/aromatic N) is 1. The maximum atomic E-state index is 10.8. The van der Waals surface area contributed by atoms with Crippen LogP contribution in [0.5, 0.6) is 11.5 Å². The van der Waals surface area contributed by atoms with Gasteiger partial charge in [-0.15, -0.1) is 0 Å². The van der Waals surface area contributed by atoms with Gasteiger partial charge in [-0.05, 0) is 30.7 Å². The van der Waals surface area contributed by atoms with Crippen LogP contribution in [0.2, 0.25) is 0 Å². The Hall–Kier alpha value is -3.82. The summed E-state index contributed by atoms with van der Waals surface area (Å²) < 4.78 is 10.6. The molecule has 0 unspecified atom stereocenters. The fraction of sp³-hybridized carbons (Fsp3) is 0.222. The van der Waals surface area contributed by atoms with Crippen molar-refractivity contribution in [3.63, 3.8) is 0 Å². The van der Waals surface area contributed by atoms with Crippen LogP contribution in [0, 0.1) is 10.1 Å². The Balaban J connectivity index is 0.000000568. The number of ether oxygens (including phenoxy) is 2. The molecule has 0 aliphatic heterocycles. The molecule has 2 rings (SSSR count). The average molecular weight is 392 g/mol. The van der Waals surface area contributed by atoms with Gasteiger partial charge in [-0.3, -0.25) is 10.1 Å². The Kier molecular flexibility index (Phi) is 8.74. The third-order valence-corrected chi connectivity index (χ3v) is 3.29. The molecule has 2 aromatic rings. The predicted molar refractivity (Wildman–Crippen MR) is 99.9 cm³/mol. The predicted octanol–water partition coefficient (Wildman–Crippen LogP) is 2.77. The molecule has 150 valence electrons. The van der Waals surface area contributed by atoms with Gasteiger partial charge < -0.3 is 25.0 Å². The summed E-state index contributed by atoms with van der Waals surface area (Å²) in [6, 6.07) is 12.1. The first kappa shape index (κ1) is 22.2. The van der Waals surface area contributed by atoms with E-state index in [4.69, 9.17) is 29.3 Å². The number of carbonyl (C=O) groups is 2. The Bertz CT molecular complexity index is 809. The minimum Gasteiger partial charge on any atom is -0.495 e. The normalized spacial score (nSPS) is 9.50. The summed E-state index contributed by atoms with van der Waals surface area (Å²) in [6.45, 7) is 3.09. The summed E-state index contributed by atoms with van der Waals surface area (Å²) >= 11 is 0. The van der Waals surface area contributed by atoms with Gasteiger partial charge in [0.15, 0.2) is 0 Å². The SMILES string of the molecule is CCOc1ccc(CNc2cc([N+](=O)[O-])ccc2OC)cc1.O=C(O)C(=O)O. The number of methoxy groups -OCH3 is 1. The van der Waals surface area contributed by atoms with Gasteiger partial charge in [0, 0.05) is 18.7 Å². The van der Waals surface area contributed by atoms with E-state index in [1.807, 2.05) is 31.2 Å². The Labute approximate surface area is 160 Å². The largest absolute Gasteiger partial charge is 0.495 e. The molecule has 0 radical (unpaired) electrons. The lowest BCUT2D eigenvalue weighted by Crippen LogP contribution is -2.09. The van der Waals surface area contributed by atoms with Gasteiger partial charge in [-0.2, -0.15) is 0 Å². The smallest absolute Gasteiger partial charge is 0.414 e. The van der Waals surface area contributed by atoms with Gasteiger partial charge in [0.2, 0.25) is 0 Å². The number of rotatable bonds is 7. The minimum atomic E-state index is -1.82. The maximum absolute atomic E-state index is 10.8. The lowest BCUT2D eigenvalue weighted by atomic mass is 10.2. The number of nitro groups is 1. The molecule has 0 aliphatic rings. The zero-order valence-electron chi connectivity index (χ0n) is 15.2. The van der Waals surface area contributed by atoms with Crippen LogP contribution in [-0.2, 0) is 16.1 Å². The van der Waals surface area contributed by atoms with Crippen LogP contribution < -0.4 is 14.8 Å². The number of benzene rings is 2. The van der Waals surface area contributed by atoms with Crippen molar-refractivity contribution in [2.75, 3.05) is 19.0 Å². The van der Waals surface area contributed by atoms with Gasteiger partial charge in [0.1, 0.15) is 11.5 Å². The second kappa shape index (κ2) is 11.0. The molecule has 0 bridgehead atoms. The molecule has 10 nitrogen and oxygen atoms in total. The molecular formula is C18H20N2O8. The van der Waals surface area contributed by atoms with Crippen molar-refractivity contribution in [2.45, 2.75) is 13.5 Å². The molecule has 0 spiro atoms. The van der Waals surface area contributed by atoms with E-state index in [-0.39, 0.29) is 5.69 Å². The fourth-order valence-corrected chi connectivity index (χ4v) is 2.02. The number of aliphatic carboxylic acids is 2. The lowest BCUT2D eigenvalue weighted by molar-refractivity contribution is -0.384. The van der Waals surface area contributed by atoms with E-state index in [1.54, 1.807) is 6.07 Å². The molecule has 10 heteroatoms. The highest BCUT2D eigenvalue weighted by Crippen LogP contribution is 2.29. The molecule has 28 heavy (non-hydrogen) atoms. The quantitative estimate of drug-likeness (QED) is 0.367. The highest BCUT2D eigenvalue weighted by Gasteiger charge is 2.11. The van der Waals surface area contributed by atoms with E-state index in [0.717, 1.165) is 11.3 Å². The number of carboxylic acids is 2. The van der Waals surface area contributed by atoms with Crippen molar-refractivity contribution in [2.24, 2.45) is 0 Å².